The highest BCUT2D eigenvalue weighted by molar-refractivity contribution is 9.09. The van der Waals surface area contributed by atoms with Crippen molar-refractivity contribution < 1.29 is 0 Å². The first-order valence-electron chi connectivity index (χ1n) is 5.24. The minimum atomic E-state index is 0.573. The second kappa shape index (κ2) is 4.97. The van der Waals surface area contributed by atoms with Crippen molar-refractivity contribution in [3.8, 4) is 0 Å². The molecule has 0 aliphatic carbocycles. The Balaban J connectivity index is 3.16. The van der Waals surface area contributed by atoms with E-state index in [1.165, 1.54) is 16.8 Å². The largest absolute Gasteiger partial charge is 0.272 e. The molecule has 0 atom stereocenters. The number of aryl methyl sites for hydroxylation is 2. The Morgan fingerprint density at radius 1 is 1.47 bits per heavy atom. The molecule has 1 aromatic rings. The van der Waals surface area contributed by atoms with Gasteiger partial charge < -0.3 is 0 Å². The zero-order chi connectivity index (χ0) is 11.6. The Hall–Kier alpha value is -0.570. The molecule has 0 bridgehead atoms. The zero-order valence-electron chi connectivity index (χ0n) is 10.1. The maximum absolute atomic E-state index is 4.41. The second-order valence-corrected chi connectivity index (χ2v) is 4.78. The molecule has 0 spiro atoms. The van der Waals surface area contributed by atoms with Gasteiger partial charge in [0.15, 0.2) is 0 Å². The Labute approximate surface area is 101 Å². The number of rotatable bonds is 3. The quantitative estimate of drug-likeness (QED) is 0.770. The highest BCUT2D eigenvalue weighted by Crippen LogP contribution is 2.21. The molecule has 0 saturated heterocycles. The van der Waals surface area contributed by atoms with Crippen LogP contribution >= 0.6 is 15.9 Å². The van der Waals surface area contributed by atoms with E-state index in [1.807, 2.05) is 11.7 Å². The van der Waals surface area contributed by atoms with Crippen molar-refractivity contribution in [3.05, 3.63) is 22.5 Å². The first-order chi connectivity index (χ1) is 6.97. The van der Waals surface area contributed by atoms with Gasteiger partial charge in [0.1, 0.15) is 0 Å². The van der Waals surface area contributed by atoms with Crippen LogP contribution in [0, 0.1) is 19.8 Å². The number of allylic oxidation sites excluding steroid dienone is 1. The normalized spacial score (nSPS) is 12.6. The average Bonchev–Trinajstić information content (AvgIpc) is 2.39. The summed E-state index contributed by atoms with van der Waals surface area (Å²) in [4.78, 5) is 0. The van der Waals surface area contributed by atoms with Crippen LogP contribution in [0.25, 0.3) is 6.08 Å². The molecule has 0 fully saturated rings. The van der Waals surface area contributed by atoms with Gasteiger partial charge in [0, 0.05) is 23.6 Å². The van der Waals surface area contributed by atoms with Gasteiger partial charge in [0.2, 0.25) is 0 Å². The van der Waals surface area contributed by atoms with E-state index in [1.54, 1.807) is 0 Å². The summed E-state index contributed by atoms with van der Waals surface area (Å²) >= 11 is 3.53. The highest BCUT2D eigenvalue weighted by Gasteiger charge is 2.09. The van der Waals surface area contributed by atoms with Crippen molar-refractivity contribution in [1.29, 1.82) is 0 Å². The van der Waals surface area contributed by atoms with Crippen molar-refractivity contribution in [2.24, 2.45) is 13.0 Å². The summed E-state index contributed by atoms with van der Waals surface area (Å²) in [7, 11) is 1.99. The Kier molecular flexibility index (Phi) is 4.14. The van der Waals surface area contributed by atoms with Crippen LogP contribution in [0.3, 0.4) is 0 Å². The van der Waals surface area contributed by atoms with Crippen LogP contribution in [0.15, 0.2) is 5.57 Å². The summed E-state index contributed by atoms with van der Waals surface area (Å²) in [5.41, 5.74) is 5.01. The lowest BCUT2D eigenvalue weighted by molar-refractivity contribution is 0.731. The highest BCUT2D eigenvalue weighted by atomic mass is 79.9. The number of aromatic nitrogens is 2. The molecule has 1 heterocycles. The fraction of sp³-hybridized carbons (Fsp3) is 0.583. The fourth-order valence-electron chi connectivity index (χ4n) is 1.54. The van der Waals surface area contributed by atoms with Crippen LogP contribution in [0.1, 0.15) is 30.8 Å². The molecular formula is C12H19BrN2. The number of hydrogen-bond acceptors (Lipinski definition) is 1. The standard InChI is InChI=1S/C12H19BrN2/c1-8(2)11(7-13)6-12-9(3)14-15(5)10(12)4/h6,8H,7H2,1-5H3. The summed E-state index contributed by atoms with van der Waals surface area (Å²) in [5, 5.41) is 5.34. The summed E-state index contributed by atoms with van der Waals surface area (Å²) in [5.74, 6) is 0.573. The molecule has 0 unspecified atom stereocenters. The number of halogens is 1. The molecule has 0 saturated carbocycles. The molecule has 2 nitrogen and oxygen atoms in total. The van der Waals surface area contributed by atoms with Crippen molar-refractivity contribution in [2.75, 3.05) is 5.33 Å². The maximum Gasteiger partial charge on any atom is 0.0668 e. The predicted molar refractivity (Wildman–Crippen MR) is 69.3 cm³/mol. The van der Waals surface area contributed by atoms with Crippen molar-refractivity contribution in [2.45, 2.75) is 27.7 Å². The van der Waals surface area contributed by atoms with E-state index in [0.717, 1.165) is 11.0 Å². The number of hydrogen-bond donors (Lipinski definition) is 0. The molecule has 84 valence electrons. The van der Waals surface area contributed by atoms with E-state index in [-0.39, 0.29) is 0 Å². The lowest BCUT2D eigenvalue weighted by Gasteiger charge is -2.07. The van der Waals surface area contributed by atoms with Crippen LogP contribution in [-0.4, -0.2) is 15.1 Å². The monoisotopic (exact) mass is 270 g/mol. The van der Waals surface area contributed by atoms with E-state index < -0.39 is 0 Å². The average molecular weight is 271 g/mol. The van der Waals surface area contributed by atoms with Gasteiger partial charge in [-0.3, -0.25) is 4.68 Å². The van der Waals surface area contributed by atoms with Crippen LogP contribution in [0.4, 0.5) is 0 Å². The van der Waals surface area contributed by atoms with Crippen LogP contribution in [0.2, 0.25) is 0 Å². The molecule has 1 aromatic heterocycles. The van der Waals surface area contributed by atoms with E-state index in [4.69, 9.17) is 0 Å². The van der Waals surface area contributed by atoms with Crippen molar-refractivity contribution in [3.63, 3.8) is 0 Å². The third kappa shape index (κ3) is 2.71. The lowest BCUT2D eigenvalue weighted by Crippen LogP contribution is -1.96. The molecule has 0 amide bonds. The smallest absolute Gasteiger partial charge is 0.0668 e. The molecule has 0 aromatic carbocycles. The lowest BCUT2D eigenvalue weighted by atomic mass is 10.0. The zero-order valence-corrected chi connectivity index (χ0v) is 11.7. The third-order valence-corrected chi connectivity index (χ3v) is 3.44. The third-order valence-electron chi connectivity index (χ3n) is 2.79. The molecule has 3 heteroatoms. The molecule has 0 radical (unpaired) electrons. The van der Waals surface area contributed by atoms with Gasteiger partial charge in [0.05, 0.1) is 5.69 Å². The minimum Gasteiger partial charge on any atom is -0.272 e. The van der Waals surface area contributed by atoms with E-state index in [2.05, 4.69) is 54.8 Å². The summed E-state index contributed by atoms with van der Waals surface area (Å²) < 4.78 is 1.94. The molecule has 1 rings (SSSR count). The molecule has 0 N–H and O–H groups in total. The Morgan fingerprint density at radius 2 is 2.07 bits per heavy atom. The number of nitrogens with zero attached hydrogens (tertiary/aromatic N) is 2. The van der Waals surface area contributed by atoms with Gasteiger partial charge in [-0.05, 0) is 19.8 Å². The van der Waals surface area contributed by atoms with Crippen LogP contribution < -0.4 is 0 Å². The van der Waals surface area contributed by atoms with Crippen molar-refractivity contribution in [1.82, 2.24) is 9.78 Å². The number of alkyl halides is 1. The van der Waals surface area contributed by atoms with E-state index in [9.17, 15) is 0 Å². The van der Waals surface area contributed by atoms with Gasteiger partial charge in [0.25, 0.3) is 0 Å². The predicted octanol–water partition coefficient (Wildman–Crippen LogP) is 3.47. The van der Waals surface area contributed by atoms with Gasteiger partial charge in [-0.25, -0.2) is 0 Å². The first-order valence-corrected chi connectivity index (χ1v) is 6.36. The first kappa shape index (κ1) is 12.5. The van der Waals surface area contributed by atoms with Gasteiger partial charge >= 0.3 is 0 Å². The fourth-order valence-corrected chi connectivity index (χ4v) is 2.35. The Morgan fingerprint density at radius 3 is 2.40 bits per heavy atom. The van der Waals surface area contributed by atoms with E-state index in [0.29, 0.717) is 5.92 Å². The van der Waals surface area contributed by atoms with Gasteiger partial charge in [-0.1, -0.05) is 41.4 Å². The molecular weight excluding hydrogens is 252 g/mol. The topological polar surface area (TPSA) is 17.8 Å². The summed E-state index contributed by atoms with van der Waals surface area (Å²) in [6, 6.07) is 0. The minimum absolute atomic E-state index is 0.573. The van der Waals surface area contributed by atoms with Crippen LogP contribution in [-0.2, 0) is 7.05 Å². The molecule has 0 aliphatic heterocycles. The Bertz CT molecular complexity index is 375. The molecule has 0 aliphatic rings. The van der Waals surface area contributed by atoms with Gasteiger partial charge in [-0.15, -0.1) is 0 Å². The summed E-state index contributed by atoms with van der Waals surface area (Å²) in [6.07, 6.45) is 2.26. The molecule has 15 heavy (non-hydrogen) atoms. The van der Waals surface area contributed by atoms with Gasteiger partial charge in [-0.2, -0.15) is 5.10 Å². The van der Waals surface area contributed by atoms with Crippen LogP contribution in [0.5, 0.6) is 0 Å². The second-order valence-electron chi connectivity index (χ2n) is 4.22. The van der Waals surface area contributed by atoms with Crippen molar-refractivity contribution >= 4 is 22.0 Å². The maximum atomic E-state index is 4.41. The summed E-state index contributed by atoms with van der Waals surface area (Å²) in [6.45, 7) is 8.60. The SMILES string of the molecule is Cc1nn(C)c(C)c1C=C(CBr)C(C)C. The van der Waals surface area contributed by atoms with E-state index >= 15 is 0 Å².